The quantitative estimate of drug-likeness (QED) is 0.513. The van der Waals surface area contributed by atoms with Crippen LogP contribution in [0.25, 0.3) is 0 Å². The lowest BCUT2D eigenvalue weighted by molar-refractivity contribution is 0.686. The fourth-order valence-corrected chi connectivity index (χ4v) is 2.59. The van der Waals surface area contributed by atoms with E-state index in [2.05, 4.69) is 34.8 Å². The monoisotopic (exact) mass is 148 g/mol. The van der Waals surface area contributed by atoms with Gasteiger partial charge in [-0.25, -0.2) is 0 Å². The summed E-state index contributed by atoms with van der Waals surface area (Å²) in [6.45, 7) is 4.57. The van der Waals surface area contributed by atoms with Crippen molar-refractivity contribution in [2.24, 2.45) is 0 Å². The third-order valence-electron chi connectivity index (χ3n) is 1.56. The maximum atomic E-state index is 2.86. The summed E-state index contributed by atoms with van der Waals surface area (Å²) < 4.78 is 0. The van der Waals surface area contributed by atoms with E-state index in [-0.39, 0.29) is 0 Å². The summed E-state index contributed by atoms with van der Waals surface area (Å²) in [4.78, 5) is 0. The Balaban J connectivity index is 2.15. The zero-order chi connectivity index (χ0) is 6.15. The van der Waals surface area contributed by atoms with Crippen molar-refractivity contribution in [2.75, 3.05) is 0 Å². The summed E-state index contributed by atoms with van der Waals surface area (Å²) >= 11 is 2.12. The van der Waals surface area contributed by atoms with Crippen molar-refractivity contribution in [1.29, 1.82) is 0 Å². The Morgan fingerprint density at radius 3 is 2.38 bits per heavy atom. The first-order valence-electron chi connectivity index (χ1n) is 3.11. The standard InChI is InChI=1S/C6H13PS/c1-4-3-6(8-4)5(2)7/h4-6H,3,7H2,1-2H3/t4?,5-,6?/m1/s1. The summed E-state index contributed by atoms with van der Waals surface area (Å²) in [6.07, 6.45) is 1.43. The summed E-state index contributed by atoms with van der Waals surface area (Å²) in [5.41, 5.74) is 0.816. The minimum Gasteiger partial charge on any atom is -0.155 e. The molecule has 0 aromatic heterocycles. The van der Waals surface area contributed by atoms with Gasteiger partial charge in [-0.1, -0.05) is 13.8 Å². The lowest BCUT2D eigenvalue weighted by atomic mass is 10.2. The molecule has 1 aliphatic heterocycles. The molecule has 0 nitrogen and oxygen atoms in total. The molecule has 0 aliphatic carbocycles. The van der Waals surface area contributed by atoms with Gasteiger partial charge in [-0.05, 0) is 12.1 Å². The van der Waals surface area contributed by atoms with Crippen LogP contribution in [0, 0.1) is 0 Å². The van der Waals surface area contributed by atoms with Crippen LogP contribution in [0.5, 0.6) is 0 Å². The van der Waals surface area contributed by atoms with E-state index in [1.54, 1.807) is 0 Å². The number of thioether (sulfide) groups is 1. The smallest absolute Gasteiger partial charge is 0.0120 e. The van der Waals surface area contributed by atoms with Gasteiger partial charge in [0.15, 0.2) is 0 Å². The average Bonchev–Trinajstić information content (AvgIpc) is 1.57. The highest BCUT2D eigenvalue weighted by Crippen LogP contribution is 2.40. The second-order valence-corrected chi connectivity index (χ2v) is 5.31. The first-order valence-corrected chi connectivity index (χ1v) is 4.72. The van der Waals surface area contributed by atoms with Crippen LogP contribution in [-0.4, -0.2) is 16.2 Å². The van der Waals surface area contributed by atoms with Gasteiger partial charge in [-0.3, -0.25) is 0 Å². The second-order valence-electron chi connectivity index (χ2n) is 2.58. The molecule has 0 aromatic rings. The topological polar surface area (TPSA) is 0 Å². The van der Waals surface area contributed by atoms with Gasteiger partial charge in [0.1, 0.15) is 0 Å². The molecule has 1 rings (SSSR count). The van der Waals surface area contributed by atoms with E-state index < -0.39 is 0 Å². The molecule has 0 aromatic carbocycles. The highest BCUT2D eigenvalue weighted by atomic mass is 32.2. The molecule has 4 atom stereocenters. The molecule has 0 spiro atoms. The Morgan fingerprint density at radius 2 is 2.25 bits per heavy atom. The van der Waals surface area contributed by atoms with E-state index in [9.17, 15) is 0 Å². The van der Waals surface area contributed by atoms with Crippen molar-refractivity contribution >= 4 is 21.0 Å². The second kappa shape index (κ2) is 2.58. The lowest BCUT2D eigenvalue weighted by Gasteiger charge is -2.34. The average molecular weight is 148 g/mol. The van der Waals surface area contributed by atoms with Crippen LogP contribution in [0.4, 0.5) is 0 Å². The van der Waals surface area contributed by atoms with Gasteiger partial charge >= 0.3 is 0 Å². The molecule has 0 radical (unpaired) electrons. The van der Waals surface area contributed by atoms with Crippen LogP contribution in [0.15, 0.2) is 0 Å². The van der Waals surface area contributed by atoms with E-state index in [0.717, 1.165) is 16.2 Å². The Labute approximate surface area is 58.0 Å². The fraction of sp³-hybridized carbons (Fsp3) is 1.00. The highest BCUT2D eigenvalue weighted by Gasteiger charge is 2.28. The number of rotatable bonds is 1. The van der Waals surface area contributed by atoms with Gasteiger partial charge in [0.25, 0.3) is 0 Å². The van der Waals surface area contributed by atoms with Gasteiger partial charge in [-0.2, -0.15) is 11.8 Å². The van der Waals surface area contributed by atoms with Crippen molar-refractivity contribution in [2.45, 2.75) is 36.4 Å². The summed E-state index contributed by atoms with van der Waals surface area (Å²) in [5.74, 6) is 0. The van der Waals surface area contributed by atoms with E-state index in [1.165, 1.54) is 6.42 Å². The lowest BCUT2D eigenvalue weighted by Crippen LogP contribution is -2.29. The minimum atomic E-state index is 0.816. The minimum absolute atomic E-state index is 0.816. The molecule has 1 saturated heterocycles. The Bertz CT molecular complexity index is 76.6. The zero-order valence-electron chi connectivity index (χ0n) is 5.42. The summed E-state index contributed by atoms with van der Waals surface area (Å²) in [6, 6.07) is 0. The summed E-state index contributed by atoms with van der Waals surface area (Å²) in [5, 5.41) is 1.87. The predicted octanol–water partition coefficient (Wildman–Crippen LogP) is 2.14. The number of hydrogen-bond acceptors (Lipinski definition) is 1. The SMILES string of the molecule is CC1CC([C@@H](C)P)S1. The molecule has 0 bridgehead atoms. The van der Waals surface area contributed by atoms with Crippen LogP contribution in [0.1, 0.15) is 20.3 Å². The van der Waals surface area contributed by atoms with Crippen molar-refractivity contribution in [3.8, 4) is 0 Å². The third kappa shape index (κ3) is 1.39. The van der Waals surface area contributed by atoms with E-state index in [4.69, 9.17) is 0 Å². The predicted molar refractivity (Wildman–Crippen MR) is 44.6 cm³/mol. The fourth-order valence-electron chi connectivity index (χ4n) is 0.953. The molecule has 0 saturated carbocycles. The maximum absolute atomic E-state index is 2.86. The van der Waals surface area contributed by atoms with E-state index in [1.807, 2.05) is 0 Å². The third-order valence-corrected chi connectivity index (χ3v) is 3.93. The van der Waals surface area contributed by atoms with Crippen molar-refractivity contribution < 1.29 is 0 Å². The molecular weight excluding hydrogens is 135 g/mol. The van der Waals surface area contributed by atoms with Crippen molar-refractivity contribution in [1.82, 2.24) is 0 Å². The highest BCUT2D eigenvalue weighted by molar-refractivity contribution is 8.02. The Hall–Kier alpha value is 0.780. The van der Waals surface area contributed by atoms with Gasteiger partial charge in [-0.15, -0.1) is 9.24 Å². The number of hydrogen-bond donors (Lipinski definition) is 0. The van der Waals surface area contributed by atoms with Crippen LogP contribution in [0.3, 0.4) is 0 Å². The molecule has 3 unspecified atom stereocenters. The van der Waals surface area contributed by atoms with Gasteiger partial charge in [0.2, 0.25) is 0 Å². The van der Waals surface area contributed by atoms with Gasteiger partial charge in [0.05, 0.1) is 0 Å². The van der Waals surface area contributed by atoms with E-state index in [0.29, 0.717) is 0 Å². The maximum Gasteiger partial charge on any atom is 0.0120 e. The van der Waals surface area contributed by atoms with Crippen molar-refractivity contribution in [3.63, 3.8) is 0 Å². The van der Waals surface area contributed by atoms with E-state index >= 15 is 0 Å². The Morgan fingerprint density at radius 1 is 1.75 bits per heavy atom. The molecule has 2 heteroatoms. The zero-order valence-corrected chi connectivity index (χ0v) is 7.40. The molecular formula is C6H13PS. The molecule has 1 heterocycles. The van der Waals surface area contributed by atoms with Crippen molar-refractivity contribution in [3.05, 3.63) is 0 Å². The van der Waals surface area contributed by atoms with Crippen LogP contribution >= 0.6 is 21.0 Å². The largest absolute Gasteiger partial charge is 0.155 e. The van der Waals surface area contributed by atoms with Gasteiger partial charge < -0.3 is 0 Å². The molecule has 0 amide bonds. The Kier molecular flexibility index (Phi) is 2.22. The molecule has 0 N–H and O–H groups in total. The molecule has 1 fully saturated rings. The molecule has 1 aliphatic rings. The van der Waals surface area contributed by atoms with Crippen LogP contribution < -0.4 is 0 Å². The summed E-state index contributed by atoms with van der Waals surface area (Å²) in [7, 11) is 2.86. The molecule has 8 heavy (non-hydrogen) atoms. The molecule has 48 valence electrons. The first-order chi connectivity index (χ1) is 3.70. The van der Waals surface area contributed by atoms with Crippen LogP contribution in [-0.2, 0) is 0 Å². The van der Waals surface area contributed by atoms with Crippen LogP contribution in [0.2, 0.25) is 0 Å². The first kappa shape index (κ1) is 6.89. The van der Waals surface area contributed by atoms with Gasteiger partial charge in [0, 0.05) is 10.5 Å². The normalized spacial score (nSPS) is 40.9.